The van der Waals surface area contributed by atoms with Crippen LogP contribution in [0.15, 0.2) is 57.9 Å². The summed E-state index contributed by atoms with van der Waals surface area (Å²) in [5, 5.41) is 2.65. The Bertz CT molecular complexity index is 984. The number of benzene rings is 2. The molecular formula is C19H20BrN3O4S. The molecule has 0 atom stereocenters. The normalized spacial score (nSPS) is 15.3. The van der Waals surface area contributed by atoms with Gasteiger partial charge in [-0.3, -0.25) is 9.59 Å². The van der Waals surface area contributed by atoms with E-state index in [9.17, 15) is 18.0 Å². The molecule has 0 radical (unpaired) electrons. The van der Waals surface area contributed by atoms with E-state index in [4.69, 9.17) is 0 Å². The predicted molar refractivity (Wildman–Crippen MR) is 110 cm³/mol. The lowest BCUT2D eigenvalue weighted by Crippen LogP contribution is -2.50. The zero-order valence-corrected chi connectivity index (χ0v) is 17.7. The first-order chi connectivity index (χ1) is 13.3. The fraction of sp³-hybridized carbons (Fsp3) is 0.263. The van der Waals surface area contributed by atoms with Gasteiger partial charge in [0.2, 0.25) is 15.9 Å². The van der Waals surface area contributed by atoms with Gasteiger partial charge in [-0.05, 0) is 42.5 Å². The molecule has 1 aliphatic rings. The van der Waals surface area contributed by atoms with Crippen molar-refractivity contribution in [1.29, 1.82) is 0 Å². The Morgan fingerprint density at radius 3 is 2.25 bits per heavy atom. The summed E-state index contributed by atoms with van der Waals surface area (Å²) in [6.07, 6.45) is 0. The summed E-state index contributed by atoms with van der Waals surface area (Å²) in [6, 6.07) is 13.2. The van der Waals surface area contributed by atoms with Crippen LogP contribution in [-0.4, -0.2) is 55.6 Å². The summed E-state index contributed by atoms with van der Waals surface area (Å²) in [7, 11) is -3.59. The second-order valence-corrected chi connectivity index (χ2v) is 9.27. The number of hydrogen-bond acceptors (Lipinski definition) is 4. The molecule has 0 spiro atoms. The molecule has 0 unspecified atom stereocenters. The molecule has 28 heavy (non-hydrogen) atoms. The standard InChI is InChI=1S/C19H20BrN3O4S/c1-14(24)21-17-4-2-3-15(13-17)19(25)22-9-11-23(12-10-22)28(26,27)18-7-5-16(20)6-8-18/h2-8,13H,9-12H2,1H3,(H,21,24). The second kappa shape index (κ2) is 8.42. The van der Waals surface area contributed by atoms with Gasteiger partial charge in [-0.25, -0.2) is 8.42 Å². The van der Waals surface area contributed by atoms with Crippen molar-refractivity contribution in [1.82, 2.24) is 9.21 Å². The van der Waals surface area contributed by atoms with Crippen molar-refractivity contribution in [3.8, 4) is 0 Å². The Kier molecular flexibility index (Phi) is 6.17. The lowest BCUT2D eigenvalue weighted by Gasteiger charge is -2.34. The van der Waals surface area contributed by atoms with Crippen molar-refractivity contribution in [3.63, 3.8) is 0 Å². The van der Waals surface area contributed by atoms with Crippen LogP contribution in [0.25, 0.3) is 0 Å². The van der Waals surface area contributed by atoms with Gasteiger partial charge in [-0.15, -0.1) is 0 Å². The SMILES string of the molecule is CC(=O)Nc1cccc(C(=O)N2CCN(S(=O)(=O)c3ccc(Br)cc3)CC2)c1. The highest BCUT2D eigenvalue weighted by molar-refractivity contribution is 9.10. The van der Waals surface area contributed by atoms with E-state index in [0.29, 0.717) is 24.3 Å². The van der Waals surface area contributed by atoms with Gasteiger partial charge in [-0.1, -0.05) is 22.0 Å². The third kappa shape index (κ3) is 4.60. The summed E-state index contributed by atoms with van der Waals surface area (Å²) in [6.45, 7) is 2.47. The number of anilines is 1. The third-order valence-electron chi connectivity index (χ3n) is 4.41. The van der Waals surface area contributed by atoms with Gasteiger partial charge in [0, 0.05) is 48.8 Å². The maximum Gasteiger partial charge on any atom is 0.254 e. The minimum atomic E-state index is -3.59. The summed E-state index contributed by atoms with van der Waals surface area (Å²) < 4.78 is 27.7. The van der Waals surface area contributed by atoms with Crippen LogP contribution in [0.1, 0.15) is 17.3 Å². The molecule has 148 valence electrons. The highest BCUT2D eigenvalue weighted by Gasteiger charge is 2.30. The predicted octanol–water partition coefficient (Wildman–Crippen LogP) is 2.55. The summed E-state index contributed by atoms with van der Waals surface area (Å²) in [5.74, 6) is -0.399. The van der Waals surface area contributed by atoms with E-state index < -0.39 is 10.0 Å². The summed E-state index contributed by atoms with van der Waals surface area (Å²) >= 11 is 3.30. The Morgan fingerprint density at radius 1 is 1.00 bits per heavy atom. The molecule has 2 amide bonds. The van der Waals surface area contributed by atoms with Crippen LogP contribution >= 0.6 is 15.9 Å². The first kappa shape index (κ1) is 20.5. The van der Waals surface area contributed by atoms with E-state index >= 15 is 0 Å². The summed E-state index contributed by atoms with van der Waals surface area (Å²) in [4.78, 5) is 25.8. The number of halogens is 1. The van der Waals surface area contributed by atoms with Gasteiger partial charge >= 0.3 is 0 Å². The van der Waals surface area contributed by atoms with Crippen LogP contribution in [0, 0.1) is 0 Å². The van der Waals surface area contributed by atoms with Gasteiger partial charge in [0.1, 0.15) is 0 Å². The molecule has 0 aliphatic carbocycles. The van der Waals surface area contributed by atoms with Gasteiger partial charge in [0.25, 0.3) is 5.91 Å². The fourth-order valence-electron chi connectivity index (χ4n) is 3.00. The van der Waals surface area contributed by atoms with Crippen LogP contribution in [0.2, 0.25) is 0 Å². The lowest BCUT2D eigenvalue weighted by atomic mass is 10.1. The molecule has 0 aromatic heterocycles. The number of carbonyl (C=O) groups excluding carboxylic acids is 2. The molecule has 0 bridgehead atoms. The number of hydrogen-bond donors (Lipinski definition) is 1. The number of sulfonamides is 1. The molecule has 1 saturated heterocycles. The van der Waals surface area contributed by atoms with E-state index in [2.05, 4.69) is 21.2 Å². The van der Waals surface area contributed by atoms with Crippen molar-refractivity contribution in [3.05, 3.63) is 58.6 Å². The molecule has 1 aliphatic heterocycles. The molecule has 0 saturated carbocycles. The highest BCUT2D eigenvalue weighted by atomic mass is 79.9. The van der Waals surface area contributed by atoms with Crippen LogP contribution < -0.4 is 5.32 Å². The molecule has 1 heterocycles. The third-order valence-corrected chi connectivity index (χ3v) is 6.85. The van der Waals surface area contributed by atoms with E-state index in [1.54, 1.807) is 53.4 Å². The fourth-order valence-corrected chi connectivity index (χ4v) is 4.69. The van der Waals surface area contributed by atoms with Crippen LogP contribution in [0.5, 0.6) is 0 Å². The van der Waals surface area contributed by atoms with E-state index in [0.717, 1.165) is 4.47 Å². The number of nitrogens with zero attached hydrogens (tertiary/aromatic N) is 2. The molecule has 2 aromatic carbocycles. The van der Waals surface area contributed by atoms with Gasteiger partial charge in [0.05, 0.1) is 4.90 Å². The zero-order valence-electron chi connectivity index (χ0n) is 15.3. The molecular weight excluding hydrogens is 446 g/mol. The average Bonchev–Trinajstić information content (AvgIpc) is 2.67. The number of nitrogens with one attached hydrogen (secondary N) is 1. The van der Waals surface area contributed by atoms with Crippen molar-refractivity contribution in [2.75, 3.05) is 31.5 Å². The van der Waals surface area contributed by atoms with E-state index in [-0.39, 0.29) is 29.8 Å². The Labute approximate surface area is 172 Å². The van der Waals surface area contributed by atoms with Crippen LogP contribution in [0.4, 0.5) is 5.69 Å². The monoisotopic (exact) mass is 465 g/mol. The summed E-state index contributed by atoms with van der Waals surface area (Å²) in [5.41, 5.74) is 1.00. The number of rotatable bonds is 4. The number of carbonyl (C=O) groups is 2. The maximum absolute atomic E-state index is 12.8. The second-order valence-electron chi connectivity index (χ2n) is 6.41. The molecule has 3 rings (SSSR count). The van der Waals surface area contributed by atoms with Crippen molar-refractivity contribution in [2.45, 2.75) is 11.8 Å². The van der Waals surface area contributed by atoms with Crippen LogP contribution in [-0.2, 0) is 14.8 Å². The molecule has 9 heteroatoms. The Balaban J connectivity index is 1.67. The number of amides is 2. The molecule has 2 aromatic rings. The van der Waals surface area contributed by atoms with Crippen molar-refractivity contribution in [2.24, 2.45) is 0 Å². The quantitative estimate of drug-likeness (QED) is 0.751. The molecule has 1 N–H and O–H groups in total. The van der Waals surface area contributed by atoms with Crippen molar-refractivity contribution < 1.29 is 18.0 Å². The first-order valence-electron chi connectivity index (χ1n) is 8.70. The van der Waals surface area contributed by atoms with E-state index in [1.165, 1.54) is 11.2 Å². The average molecular weight is 466 g/mol. The molecule has 7 nitrogen and oxygen atoms in total. The lowest BCUT2D eigenvalue weighted by molar-refractivity contribution is -0.114. The largest absolute Gasteiger partial charge is 0.336 e. The highest BCUT2D eigenvalue weighted by Crippen LogP contribution is 2.21. The smallest absolute Gasteiger partial charge is 0.254 e. The topological polar surface area (TPSA) is 86.8 Å². The number of piperazine rings is 1. The minimum absolute atomic E-state index is 0.187. The van der Waals surface area contributed by atoms with Gasteiger partial charge in [-0.2, -0.15) is 4.31 Å². The Morgan fingerprint density at radius 2 is 1.64 bits per heavy atom. The molecule has 1 fully saturated rings. The van der Waals surface area contributed by atoms with Gasteiger partial charge < -0.3 is 10.2 Å². The first-order valence-corrected chi connectivity index (χ1v) is 10.9. The van der Waals surface area contributed by atoms with Crippen LogP contribution in [0.3, 0.4) is 0 Å². The maximum atomic E-state index is 12.8. The van der Waals surface area contributed by atoms with Gasteiger partial charge in [0.15, 0.2) is 0 Å². The van der Waals surface area contributed by atoms with Crippen molar-refractivity contribution >= 4 is 43.5 Å². The Hall–Kier alpha value is -2.23. The van der Waals surface area contributed by atoms with E-state index in [1.807, 2.05) is 0 Å². The zero-order chi connectivity index (χ0) is 20.3. The minimum Gasteiger partial charge on any atom is -0.336 e.